The quantitative estimate of drug-likeness (QED) is 0.490. The number of rotatable bonds is 6. The first-order chi connectivity index (χ1) is 15.5. The van der Waals surface area contributed by atoms with E-state index in [1.807, 2.05) is 31.2 Å². The van der Waals surface area contributed by atoms with Crippen molar-refractivity contribution in [1.29, 1.82) is 0 Å². The molecule has 3 atom stereocenters. The zero-order chi connectivity index (χ0) is 22.7. The number of fused-ring (bicyclic) bond motifs is 1. The molecule has 2 aliphatic heterocycles. The molecule has 2 aromatic rings. The van der Waals surface area contributed by atoms with E-state index in [2.05, 4.69) is 0 Å². The topological polar surface area (TPSA) is 87.4 Å². The fourth-order valence-corrected chi connectivity index (χ4v) is 4.52. The third kappa shape index (κ3) is 3.89. The molecule has 8 nitrogen and oxygen atoms in total. The van der Waals surface area contributed by atoms with Crippen LogP contribution in [0.5, 0.6) is 0 Å². The van der Waals surface area contributed by atoms with Gasteiger partial charge in [0.25, 0.3) is 0 Å². The van der Waals surface area contributed by atoms with Crippen LogP contribution < -0.4 is 5.06 Å². The van der Waals surface area contributed by atoms with Crippen molar-refractivity contribution in [3.8, 4) is 0 Å². The van der Waals surface area contributed by atoms with Crippen LogP contribution in [0.2, 0.25) is 0 Å². The largest absolute Gasteiger partial charge is 0.467 e. The Morgan fingerprint density at radius 3 is 2.38 bits per heavy atom. The lowest BCUT2D eigenvalue weighted by Gasteiger charge is -2.39. The van der Waals surface area contributed by atoms with E-state index in [0.29, 0.717) is 24.5 Å². The average molecular weight is 443 g/mol. The molecule has 32 heavy (non-hydrogen) atoms. The van der Waals surface area contributed by atoms with Crippen LogP contribution >= 0.6 is 0 Å². The number of carbonyl (C=O) groups excluding carboxylic acids is 2. The molecule has 0 radical (unpaired) electrons. The van der Waals surface area contributed by atoms with Crippen LogP contribution in [0.15, 0.2) is 47.1 Å². The summed E-state index contributed by atoms with van der Waals surface area (Å²) in [6.07, 6.45) is 1.70. The van der Waals surface area contributed by atoms with Crippen molar-refractivity contribution in [2.45, 2.75) is 45.9 Å². The van der Waals surface area contributed by atoms with E-state index < -0.39 is 29.7 Å². The second-order valence-electron chi connectivity index (χ2n) is 8.09. The van der Waals surface area contributed by atoms with Gasteiger partial charge < -0.3 is 18.6 Å². The van der Waals surface area contributed by atoms with Gasteiger partial charge in [0.05, 0.1) is 31.8 Å². The molecule has 172 valence electrons. The smallest absolute Gasteiger partial charge is 0.326 e. The maximum atomic E-state index is 13.6. The first-order valence-electron chi connectivity index (χ1n) is 11.0. The number of carbonyl (C=O) groups is 2. The molecule has 0 N–H and O–H groups in total. The van der Waals surface area contributed by atoms with Crippen molar-refractivity contribution in [3.63, 3.8) is 0 Å². The van der Waals surface area contributed by atoms with Crippen molar-refractivity contribution in [2.75, 3.05) is 24.9 Å². The van der Waals surface area contributed by atoms with Gasteiger partial charge in [-0.05, 0) is 57.9 Å². The number of anilines is 1. The van der Waals surface area contributed by atoms with Crippen LogP contribution in [-0.4, -0.2) is 38.0 Å². The minimum Gasteiger partial charge on any atom is -0.467 e. The molecule has 1 aromatic heterocycles. The number of hydrogen-bond acceptors (Lipinski definition) is 8. The summed E-state index contributed by atoms with van der Waals surface area (Å²) < 4.78 is 22.6. The number of ether oxygens (including phenoxy) is 3. The summed E-state index contributed by atoms with van der Waals surface area (Å²) in [6, 6.07) is 10.1. The molecule has 4 rings (SSSR count). The Balaban J connectivity index is 1.95. The highest BCUT2D eigenvalue weighted by molar-refractivity contribution is 6.01. The second kappa shape index (κ2) is 9.34. The predicted molar refractivity (Wildman–Crippen MR) is 114 cm³/mol. The normalized spacial score (nSPS) is 24.5. The van der Waals surface area contributed by atoms with E-state index in [0.717, 1.165) is 5.56 Å². The molecule has 2 aliphatic rings. The summed E-state index contributed by atoms with van der Waals surface area (Å²) in [5.74, 6) is -1.12. The number of nitrogens with zero attached hydrogens (tertiary/aromatic N) is 1. The summed E-state index contributed by atoms with van der Waals surface area (Å²) >= 11 is 0. The van der Waals surface area contributed by atoms with Gasteiger partial charge in [-0.1, -0.05) is 17.7 Å². The fourth-order valence-electron chi connectivity index (χ4n) is 4.52. The lowest BCUT2D eigenvalue weighted by Crippen LogP contribution is -2.52. The monoisotopic (exact) mass is 443 g/mol. The minimum atomic E-state index is -1.71. The average Bonchev–Trinajstić information content (AvgIpc) is 3.43. The number of aryl methyl sites for hydroxylation is 1. The van der Waals surface area contributed by atoms with Crippen LogP contribution in [0.25, 0.3) is 0 Å². The Morgan fingerprint density at radius 2 is 1.78 bits per heavy atom. The van der Waals surface area contributed by atoms with E-state index in [1.165, 1.54) is 6.26 Å². The predicted octanol–water partition coefficient (Wildman–Crippen LogP) is 3.95. The van der Waals surface area contributed by atoms with E-state index >= 15 is 0 Å². The third-order valence-electron chi connectivity index (χ3n) is 6.04. The van der Waals surface area contributed by atoms with Crippen molar-refractivity contribution >= 4 is 17.6 Å². The number of esters is 2. The number of benzene rings is 1. The fraction of sp³-hybridized carbons (Fsp3) is 0.500. The summed E-state index contributed by atoms with van der Waals surface area (Å²) in [6.45, 7) is 6.14. The molecule has 2 fully saturated rings. The molecular formula is C24H29NO7. The van der Waals surface area contributed by atoms with Gasteiger partial charge in [0.15, 0.2) is 11.7 Å². The van der Waals surface area contributed by atoms with Gasteiger partial charge in [-0.15, -0.1) is 0 Å². The molecule has 2 saturated heterocycles. The van der Waals surface area contributed by atoms with Gasteiger partial charge in [-0.25, -0.2) is 9.90 Å². The summed E-state index contributed by atoms with van der Waals surface area (Å²) in [5, 5.41) is 1.56. The molecule has 1 aromatic carbocycles. The molecular weight excluding hydrogens is 414 g/mol. The highest BCUT2D eigenvalue weighted by Crippen LogP contribution is 2.52. The Bertz CT molecular complexity index is 906. The lowest BCUT2D eigenvalue weighted by molar-refractivity contribution is -0.177. The second-order valence-corrected chi connectivity index (χ2v) is 8.09. The van der Waals surface area contributed by atoms with Crippen molar-refractivity contribution < 1.29 is 33.1 Å². The van der Waals surface area contributed by atoms with Crippen LogP contribution in [0.3, 0.4) is 0 Å². The maximum Gasteiger partial charge on any atom is 0.326 e. The molecule has 0 aliphatic carbocycles. The van der Waals surface area contributed by atoms with Gasteiger partial charge in [-0.2, -0.15) is 0 Å². The zero-order valence-corrected chi connectivity index (χ0v) is 18.6. The number of hydroxylamine groups is 1. The highest BCUT2D eigenvalue weighted by Gasteiger charge is 2.63. The van der Waals surface area contributed by atoms with Gasteiger partial charge in [0.2, 0.25) is 0 Å². The number of hydrogen-bond donors (Lipinski definition) is 0. The van der Waals surface area contributed by atoms with Crippen LogP contribution in [0.4, 0.5) is 5.69 Å². The standard InChI is InChI=1S/C24H29NO7/c1-4-28-22(26)24(23(27)29-5-2)15-17-12-14-31-21(17)32-25(18-10-8-16(3)9-11-18)20(24)19-7-6-13-30-19/h6-11,13,17,20-21H,4-5,12,14-15H2,1-3H3/t17-,20+,21+/m1/s1. The van der Waals surface area contributed by atoms with Crippen LogP contribution in [0, 0.1) is 18.3 Å². The Hall–Kier alpha value is -2.84. The van der Waals surface area contributed by atoms with E-state index in [1.54, 1.807) is 31.0 Å². The van der Waals surface area contributed by atoms with E-state index in [4.69, 9.17) is 23.5 Å². The van der Waals surface area contributed by atoms with Gasteiger partial charge in [-0.3, -0.25) is 9.59 Å². The minimum absolute atomic E-state index is 0.126. The first-order valence-corrected chi connectivity index (χ1v) is 11.0. The molecule has 0 unspecified atom stereocenters. The van der Waals surface area contributed by atoms with Gasteiger partial charge >= 0.3 is 11.9 Å². The maximum absolute atomic E-state index is 13.6. The Kier molecular flexibility index (Phi) is 6.53. The molecule has 0 spiro atoms. The summed E-state index contributed by atoms with van der Waals surface area (Å²) in [7, 11) is 0. The molecule has 3 heterocycles. The van der Waals surface area contributed by atoms with Gasteiger partial charge in [0.1, 0.15) is 11.8 Å². The van der Waals surface area contributed by atoms with E-state index in [-0.39, 0.29) is 25.6 Å². The molecule has 0 saturated carbocycles. The lowest BCUT2D eigenvalue weighted by atomic mass is 9.71. The van der Waals surface area contributed by atoms with Gasteiger partial charge in [0, 0.05) is 5.92 Å². The molecule has 0 amide bonds. The summed E-state index contributed by atoms with van der Waals surface area (Å²) in [5.41, 5.74) is 0.0169. The third-order valence-corrected chi connectivity index (χ3v) is 6.04. The summed E-state index contributed by atoms with van der Waals surface area (Å²) in [4.78, 5) is 33.6. The Labute approximate surface area is 187 Å². The molecule has 8 heteroatoms. The van der Waals surface area contributed by atoms with Crippen molar-refractivity contribution in [2.24, 2.45) is 11.3 Å². The Morgan fingerprint density at radius 1 is 1.09 bits per heavy atom. The van der Waals surface area contributed by atoms with E-state index in [9.17, 15) is 9.59 Å². The number of furan rings is 1. The highest BCUT2D eigenvalue weighted by atomic mass is 16.8. The van der Waals surface area contributed by atoms with Crippen LogP contribution in [0.1, 0.15) is 44.1 Å². The molecule has 0 bridgehead atoms. The first kappa shape index (κ1) is 22.4. The zero-order valence-electron chi connectivity index (χ0n) is 18.6. The van der Waals surface area contributed by atoms with Crippen molar-refractivity contribution in [1.82, 2.24) is 0 Å². The van der Waals surface area contributed by atoms with Crippen molar-refractivity contribution in [3.05, 3.63) is 54.0 Å². The van der Waals surface area contributed by atoms with Crippen LogP contribution in [-0.2, 0) is 28.6 Å². The SMILES string of the molecule is CCOC(=O)C1(C(=O)OCC)C[C@H]2CCO[C@H]2ON(c2ccc(C)cc2)[C@H]1c1ccco1.